The van der Waals surface area contributed by atoms with Crippen LogP contribution in [0.15, 0.2) is 48.9 Å². The van der Waals surface area contributed by atoms with E-state index >= 15 is 0 Å². The fourth-order valence-electron chi connectivity index (χ4n) is 2.48. The molecule has 0 saturated heterocycles. The molecule has 0 unspecified atom stereocenters. The predicted octanol–water partition coefficient (Wildman–Crippen LogP) is 2.55. The molecule has 134 valence electrons. The lowest BCUT2D eigenvalue weighted by molar-refractivity contribution is 0.102. The molecule has 0 spiro atoms. The molecule has 1 amide bonds. The minimum Gasteiger partial charge on any atom is -0.493 e. The number of amides is 1. The molecule has 1 aromatic carbocycles. The summed E-state index contributed by atoms with van der Waals surface area (Å²) in [5.41, 5.74) is 0.879. The topological polar surface area (TPSA) is 87.5 Å². The Bertz CT molecular complexity index is 884. The van der Waals surface area contributed by atoms with Crippen molar-refractivity contribution in [2.24, 2.45) is 0 Å². The first-order valence-electron chi connectivity index (χ1n) is 7.74. The Labute approximate surface area is 150 Å². The van der Waals surface area contributed by atoms with E-state index in [9.17, 15) is 4.79 Å². The molecule has 3 rings (SSSR count). The smallest absolute Gasteiger partial charge is 0.256 e. The lowest BCUT2D eigenvalue weighted by atomic mass is 10.1. The molecule has 8 heteroatoms. The molecular formula is C18H18N4O4. The highest BCUT2D eigenvalue weighted by molar-refractivity contribution is 6.05. The van der Waals surface area contributed by atoms with Gasteiger partial charge in [-0.05, 0) is 30.3 Å². The first-order valence-corrected chi connectivity index (χ1v) is 7.74. The van der Waals surface area contributed by atoms with Gasteiger partial charge >= 0.3 is 0 Å². The van der Waals surface area contributed by atoms with Crippen LogP contribution in [0, 0.1) is 0 Å². The minimum absolute atomic E-state index is 0.342. The highest BCUT2D eigenvalue weighted by atomic mass is 16.5. The normalized spacial score (nSPS) is 10.3. The maximum absolute atomic E-state index is 12.8. The molecule has 0 aliphatic heterocycles. The number of nitrogens with zero attached hydrogens (tertiary/aromatic N) is 3. The van der Waals surface area contributed by atoms with Gasteiger partial charge in [-0.15, -0.1) is 0 Å². The Kier molecular flexibility index (Phi) is 5.02. The van der Waals surface area contributed by atoms with Gasteiger partial charge < -0.3 is 19.5 Å². The monoisotopic (exact) mass is 354 g/mol. The van der Waals surface area contributed by atoms with E-state index in [4.69, 9.17) is 14.2 Å². The predicted molar refractivity (Wildman–Crippen MR) is 95.4 cm³/mol. The number of carbonyl (C=O) groups excluding carboxylic acids is 1. The summed E-state index contributed by atoms with van der Waals surface area (Å²) in [5, 5.41) is 6.99. The molecule has 26 heavy (non-hydrogen) atoms. The summed E-state index contributed by atoms with van der Waals surface area (Å²) in [5.74, 6) is 1.39. The number of rotatable bonds is 6. The van der Waals surface area contributed by atoms with Gasteiger partial charge in [0, 0.05) is 24.2 Å². The SMILES string of the molecule is COc1cc(C(=O)Nc2cccnc2-n2cccn2)cc(OC)c1OC. The maximum Gasteiger partial charge on any atom is 0.256 e. The molecule has 1 N–H and O–H groups in total. The van der Waals surface area contributed by atoms with E-state index in [1.165, 1.54) is 21.3 Å². The Morgan fingerprint density at radius 2 is 1.77 bits per heavy atom. The Balaban J connectivity index is 1.95. The van der Waals surface area contributed by atoms with Crippen molar-refractivity contribution >= 4 is 11.6 Å². The van der Waals surface area contributed by atoms with Crippen LogP contribution in [0.1, 0.15) is 10.4 Å². The van der Waals surface area contributed by atoms with Crippen LogP contribution in [-0.2, 0) is 0 Å². The zero-order valence-electron chi connectivity index (χ0n) is 14.6. The van der Waals surface area contributed by atoms with Crippen molar-refractivity contribution in [2.45, 2.75) is 0 Å². The number of hydrogen-bond acceptors (Lipinski definition) is 6. The van der Waals surface area contributed by atoms with Gasteiger partial charge in [-0.3, -0.25) is 4.79 Å². The maximum atomic E-state index is 12.8. The van der Waals surface area contributed by atoms with E-state index in [1.807, 2.05) is 0 Å². The Morgan fingerprint density at radius 1 is 1.04 bits per heavy atom. The van der Waals surface area contributed by atoms with Crippen molar-refractivity contribution in [3.8, 4) is 23.1 Å². The third kappa shape index (κ3) is 3.30. The number of carbonyl (C=O) groups is 1. The molecular weight excluding hydrogens is 336 g/mol. The first kappa shape index (κ1) is 17.3. The average molecular weight is 354 g/mol. The van der Waals surface area contributed by atoms with Gasteiger partial charge in [0.25, 0.3) is 5.91 Å². The standard InChI is InChI=1S/C18H18N4O4/c1-24-14-10-12(11-15(25-2)16(14)26-3)18(23)21-13-6-4-7-19-17(13)22-9-5-8-20-22/h4-11H,1-3H3,(H,21,23). The van der Waals surface area contributed by atoms with Crippen LogP contribution in [0.5, 0.6) is 17.2 Å². The van der Waals surface area contributed by atoms with E-state index < -0.39 is 0 Å². The quantitative estimate of drug-likeness (QED) is 0.732. The molecule has 3 aromatic rings. The fourth-order valence-corrected chi connectivity index (χ4v) is 2.48. The molecule has 0 fully saturated rings. The number of benzene rings is 1. The molecule has 0 aliphatic carbocycles. The molecule has 0 atom stereocenters. The van der Waals surface area contributed by atoms with E-state index in [0.29, 0.717) is 34.3 Å². The first-order chi connectivity index (χ1) is 12.7. The second-order valence-electron chi connectivity index (χ2n) is 5.19. The molecule has 2 heterocycles. The van der Waals surface area contributed by atoms with Crippen molar-refractivity contribution in [3.05, 3.63) is 54.5 Å². The number of nitrogens with one attached hydrogen (secondary N) is 1. The summed E-state index contributed by atoms with van der Waals surface area (Å²) >= 11 is 0. The lowest BCUT2D eigenvalue weighted by Gasteiger charge is -2.14. The second-order valence-corrected chi connectivity index (χ2v) is 5.19. The third-order valence-electron chi connectivity index (χ3n) is 3.68. The highest BCUT2D eigenvalue weighted by Crippen LogP contribution is 2.38. The number of methoxy groups -OCH3 is 3. The lowest BCUT2D eigenvalue weighted by Crippen LogP contribution is -2.15. The van der Waals surface area contributed by atoms with Gasteiger partial charge in [0.1, 0.15) is 0 Å². The van der Waals surface area contributed by atoms with Crippen LogP contribution in [0.2, 0.25) is 0 Å². The molecule has 8 nitrogen and oxygen atoms in total. The average Bonchev–Trinajstić information content (AvgIpc) is 3.21. The molecule has 2 aromatic heterocycles. The van der Waals surface area contributed by atoms with E-state index in [-0.39, 0.29) is 5.91 Å². The number of ether oxygens (including phenoxy) is 3. The van der Waals surface area contributed by atoms with Crippen molar-refractivity contribution in [1.82, 2.24) is 14.8 Å². The van der Waals surface area contributed by atoms with Gasteiger partial charge in [-0.25, -0.2) is 9.67 Å². The summed E-state index contributed by atoms with van der Waals surface area (Å²) in [6, 6.07) is 8.43. The largest absolute Gasteiger partial charge is 0.493 e. The van der Waals surface area contributed by atoms with Crippen LogP contribution < -0.4 is 19.5 Å². The fraction of sp³-hybridized carbons (Fsp3) is 0.167. The summed E-state index contributed by atoms with van der Waals surface area (Å²) in [7, 11) is 4.50. The minimum atomic E-state index is -0.342. The molecule has 0 radical (unpaired) electrons. The van der Waals surface area contributed by atoms with E-state index in [0.717, 1.165) is 0 Å². The molecule has 0 saturated carbocycles. The van der Waals surface area contributed by atoms with Crippen molar-refractivity contribution in [2.75, 3.05) is 26.6 Å². The van der Waals surface area contributed by atoms with E-state index in [1.54, 1.807) is 53.6 Å². The molecule has 0 aliphatic rings. The molecule has 0 bridgehead atoms. The van der Waals surface area contributed by atoms with Crippen LogP contribution in [0.4, 0.5) is 5.69 Å². The Morgan fingerprint density at radius 3 is 2.35 bits per heavy atom. The number of anilines is 1. The number of hydrogen-bond donors (Lipinski definition) is 1. The van der Waals surface area contributed by atoms with E-state index in [2.05, 4.69) is 15.4 Å². The third-order valence-corrected chi connectivity index (χ3v) is 3.68. The van der Waals surface area contributed by atoms with Crippen LogP contribution in [-0.4, -0.2) is 42.0 Å². The van der Waals surface area contributed by atoms with Crippen LogP contribution in [0.25, 0.3) is 5.82 Å². The van der Waals surface area contributed by atoms with Gasteiger partial charge in [0.2, 0.25) is 5.75 Å². The Hall–Kier alpha value is -3.55. The summed E-state index contributed by atoms with van der Waals surface area (Å²) in [4.78, 5) is 17.0. The summed E-state index contributed by atoms with van der Waals surface area (Å²) in [6.45, 7) is 0. The van der Waals surface area contributed by atoms with Crippen LogP contribution >= 0.6 is 0 Å². The highest BCUT2D eigenvalue weighted by Gasteiger charge is 2.18. The van der Waals surface area contributed by atoms with Crippen molar-refractivity contribution in [3.63, 3.8) is 0 Å². The summed E-state index contributed by atoms with van der Waals surface area (Å²) < 4.78 is 17.4. The van der Waals surface area contributed by atoms with Gasteiger partial charge in [0.15, 0.2) is 17.3 Å². The number of pyridine rings is 1. The van der Waals surface area contributed by atoms with Gasteiger partial charge in [-0.1, -0.05) is 0 Å². The zero-order valence-corrected chi connectivity index (χ0v) is 14.6. The van der Waals surface area contributed by atoms with Crippen molar-refractivity contribution in [1.29, 1.82) is 0 Å². The number of aromatic nitrogens is 3. The van der Waals surface area contributed by atoms with Gasteiger partial charge in [-0.2, -0.15) is 5.10 Å². The zero-order chi connectivity index (χ0) is 18.5. The van der Waals surface area contributed by atoms with Crippen LogP contribution in [0.3, 0.4) is 0 Å². The summed E-state index contributed by atoms with van der Waals surface area (Å²) in [6.07, 6.45) is 5.02. The van der Waals surface area contributed by atoms with Gasteiger partial charge in [0.05, 0.1) is 27.0 Å². The van der Waals surface area contributed by atoms with Crippen molar-refractivity contribution < 1.29 is 19.0 Å². The second kappa shape index (κ2) is 7.56.